The smallest absolute Gasteiger partial charge is 0.119 e. The highest BCUT2D eigenvalue weighted by Crippen LogP contribution is 2.41. The van der Waals surface area contributed by atoms with Crippen LogP contribution in [0, 0.1) is 0 Å². The van der Waals surface area contributed by atoms with Gasteiger partial charge in [0, 0.05) is 6.42 Å². The van der Waals surface area contributed by atoms with Crippen molar-refractivity contribution in [2.75, 3.05) is 0 Å². The van der Waals surface area contributed by atoms with Gasteiger partial charge in [-0.3, -0.25) is 0 Å². The van der Waals surface area contributed by atoms with E-state index in [1.807, 2.05) is 12.1 Å². The first-order valence-corrected chi connectivity index (χ1v) is 19.7. The topological polar surface area (TPSA) is 40.5 Å². The number of benzene rings is 4. The molecule has 4 aromatic carbocycles. The summed E-state index contributed by atoms with van der Waals surface area (Å²) in [5.74, 6) is 2.07. The largest absolute Gasteiger partial charge is 0.508 e. The summed E-state index contributed by atoms with van der Waals surface area (Å²) in [6, 6.07) is 34.3. The molecule has 0 aliphatic heterocycles. The van der Waals surface area contributed by atoms with Crippen LogP contribution in [0.25, 0.3) is 0 Å². The van der Waals surface area contributed by atoms with Crippen LogP contribution in [0.1, 0.15) is 175 Å². The molecule has 0 fully saturated rings. The summed E-state index contributed by atoms with van der Waals surface area (Å²) in [6.45, 7) is 9.26. The zero-order valence-electron chi connectivity index (χ0n) is 31.0. The Morgan fingerprint density at radius 1 is 0.429 bits per heavy atom. The third-order valence-corrected chi connectivity index (χ3v) is 11.0. The summed E-state index contributed by atoms with van der Waals surface area (Å²) in [5.41, 5.74) is 7.08. The first kappa shape index (κ1) is 38.3. The molecule has 0 saturated carbocycles. The zero-order valence-corrected chi connectivity index (χ0v) is 31.0. The van der Waals surface area contributed by atoms with Gasteiger partial charge < -0.3 is 10.2 Å². The van der Waals surface area contributed by atoms with Gasteiger partial charge in [0.2, 0.25) is 0 Å². The molecular weight excluding hydrogens is 597 g/mol. The summed E-state index contributed by atoms with van der Waals surface area (Å²) in [5, 5.41) is 22.3. The maximum atomic E-state index is 11.2. The number of hydrogen-bond donors (Lipinski definition) is 2. The molecule has 0 saturated heterocycles. The molecule has 0 amide bonds. The van der Waals surface area contributed by atoms with Crippen LogP contribution in [0.3, 0.4) is 0 Å². The number of phenols is 2. The van der Waals surface area contributed by atoms with Gasteiger partial charge in [-0.1, -0.05) is 190 Å². The monoisotopic (exact) mass is 660 g/mol. The highest BCUT2D eigenvalue weighted by atomic mass is 16.3. The second-order valence-electron chi connectivity index (χ2n) is 14.7. The molecule has 49 heavy (non-hydrogen) atoms. The first-order chi connectivity index (χ1) is 23.9. The van der Waals surface area contributed by atoms with Crippen molar-refractivity contribution in [3.05, 3.63) is 130 Å². The van der Waals surface area contributed by atoms with Crippen LogP contribution in [-0.4, -0.2) is 10.2 Å². The fraction of sp³-hybridized carbons (Fsp3) is 0.489. The van der Waals surface area contributed by atoms with E-state index in [1.165, 1.54) is 99.3 Å². The number of unbranched alkanes of at least 4 members (excludes halogenated alkanes) is 10. The standard InChI is InChI=1S/C47H64O2/c1-5-7-9-11-13-21-27-44(36(3)38-23-17-15-18-24-38)40-29-31-46(48)42(33-40)35-43-34-41(30-32-47(43)49)45(28-22-14-12-10-8-6-2)37(4)39-25-19-16-20-26-39/h15-20,23-26,29-34,36-37,44-45,48-49H,5-14,21-22,27-28,35H2,1-4H3. The minimum Gasteiger partial charge on any atom is -0.508 e. The molecule has 264 valence electrons. The van der Waals surface area contributed by atoms with Crippen LogP contribution in [-0.2, 0) is 6.42 Å². The lowest BCUT2D eigenvalue weighted by Gasteiger charge is -2.27. The molecule has 0 bridgehead atoms. The maximum Gasteiger partial charge on any atom is 0.119 e. The Hall–Kier alpha value is -3.52. The Labute approximate surface area is 299 Å². The van der Waals surface area contributed by atoms with Crippen LogP contribution >= 0.6 is 0 Å². The molecule has 4 aromatic rings. The molecule has 0 spiro atoms. The predicted octanol–water partition coefficient (Wildman–Crippen LogP) is 14.0. The third kappa shape index (κ3) is 11.8. The van der Waals surface area contributed by atoms with E-state index in [9.17, 15) is 10.2 Å². The SMILES string of the molecule is CCCCCCCCC(c1ccc(O)c(Cc2cc(C(CCCCCCCC)C(C)c3ccccc3)ccc2O)c1)C(C)c1ccccc1. The zero-order chi connectivity index (χ0) is 34.8. The van der Waals surface area contributed by atoms with Crippen molar-refractivity contribution >= 4 is 0 Å². The van der Waals surface area contributed by atoms with Crippen LogP contribution in [0.4, 0.5) is 0 Å². The summed E-state index contributed by atoms with van der Waals surface area (Å²) >= 11 is 0. The Bertz CT molecular complexity index is 1360. The van der Waals surface area contributed by atoms with Crippen molar-refractivity contribution in [3.63, 3.8) is 0 Å². The van der Waals surface area contributed by atoms with Gasteiger partial charge in [-0.15, -0.1) is 0 Å². The average Bonchev–Trinajstić information content (AvgIpc) is 3.13. The quantitative estimate of drug-likeness (QED) is 0.0824. The highest BCUT2D eigenvalue weighted by Gasteiger charge is 2.24. The van der Waals surface area contributed by atoms with E-state index in [-0.39, 0.29) is 0 Å². The van der Waals surface area contributed by atoms with Crippen LogP contribution in [0.5, 0.6) is 11.5 Å². The Kier molecular flexibility index (Phi) is 16.3. The molecule has 4 rings (SSSR count). The average molecular weight is 661 g/mol. The lowest BCUT2D eigenvalue weighted by molar-refractivity contribution is 0.459. The van der Waals surface area contributed by atoms with E-state index in [4.69, 9.17) is 0 Å². The van der Waals surface area contributed by atoms with E-state index in [0.717, 1.165) is 24.0 Å². The van der Waals surface area contributed by atoms with E-state index in [2.05, 4.69) is 113 Å². The van der Waals surface area contributed by atoms with Gasteiger partial charge in [0.15, 0.2) is 0 Å². The van der Waals surface area contributed by atoms with Crippen LogP contribution < -0.4 is 0 Å². The van der Waals surface area contributed by atoms with E-state index in [1.54, 1.807) is 0 Å². The van der Waals surface area contributed by atoms with E-state index < -0.39 is 0 Å². The number of aromatic hydroxyl groups is 2. The minimum atomic E-state index is 0.306. The van der Waals surface area contributed by atoms with Crippen LogP contribution in [0.15, 0.2) is 97.1 Å². The minimum absolute atomic E-state index is 0.306. The van der Waals surface area contributed by atoms with Gasteiger partial charge in [0.25, 0.3) is 0 Å². The van der Waals surface area contributed by atoms with E-state index in [0.29, 0.717) is 41.6 Å². The normalized spacial score (nSPS) is 14.0. The first-order valence-electron chi connectivity index (χ1n) is 19.7. The lowest BCUT2D eigenvalue weighted by atomic mass is 9.78. The molecule has 0 aliphatic carbocycles. The molecule has 0 radical (unpaired) electrons. The molecule has 4 unspecified atom stereocenters. The molecule has 2 N–H and O–H groups in total. The third-order valence-electron chi connectivity index (χ3n) is 11.0. The van der Waals surface area contributed by atoms with Gasteiger partial charge in [0.05, 0.1) is 0 Å². The summed E-state index contributed by atoms with van der Waals surface area (Å²) < 4.78 is 0. The molecule has 2 heteroatoms. The molecule has 0 aromatic heterocycles. The predicted molar refractivity (Wildman–Crippen MR) is 210 cm³/mol. The summed E-state index contributed by atoms with van der Waals surface area (Å²) in [7, 11) is 0. The second-order valence-corrected chi connectivity index (χ2v) is 14.7. The Morgan fingerprint density at radius 2 is 0.796 bits per heavy atom. The van der Waals surface area contributed by atoms with Gasteiger partial charge >= 0.3 is 0 Å². The molecule has 0 aliphatic rings. The van der Waals surface area contributed by atoms with Crippen molar-refractivity contribution in [1.82, 2.24) is 0 Å². The van der Waals surface area contributed by atoms with Crippen molar-refractivity contribution in [1.29, 1.82) is 0 Å². The van der Waals surface area contributed by atoms with Gasteiger partial charge in [0.1, 0.15) is 11.5 Å². The molecular formula is C47H64O2. The molecule has 0 heterocycles. The fourth-order valence-electron chi connectivity index (χ4n) is 7.84. The lowest BCUT2D eigenvalue weighted by Crippen LogP contribution is -2.10. The number of phenolic OH excluding ortho intramolecular Hbond substituents is 2. The van der Waals surface area contributed by atoms with Gasteiger partial charge in [-0.05, 0) is 82.0 Å². The van der Waals surface area contributed by atoms with Gasteiger partial charge in [-0.2, -0.15) is 0 Å². The number of hydrogen-bond acceptors (Lipinski definition) is 2. The summed E-state index contributed by atoms with van der Waals surface area (Å²) in [6.07, 6.45) is 18.2. The van der Waals surface area contributed by atoms with Crippen molar-refractivity contribution in [2.24, 2.45) is 0 Å². The van der Waals surface area contributed by atoms with Crippen molar-refractivity contribution < 1.29 is 10.2 Å². The molecule has 4 atom stereocenters. The number of rotatable bonds is 22. The van der Waals surface area contributed by atoms with E-state index >= 15 is 0 Å². The van der Waals surface area contributed by atoms with Crippen LogP contribution in [0.2, 0.25) is 0 Å². The molecule has 2 nitrogen and oxygen atoms in total. The van der Waals surface area contributed by atoms with Crippen molar-refractivity contribution in [3.8, 4) is 11.5 Å². The highest BCUT2D eigenvalue weighted by molar-refractivity contribution is 5.46. The summed E-state index contributed by atoms with van der Waals surface area (Å²) in [4.78, 5) is 0. The maximum absolute atomic E-state index is 11.2. The Morgan fingerprint density at radius 3 is 1.18 bits per heavy atom. The fourth-order valence-corrected chi connectivity index (χ4v) is 7.84. The Balaban J connectivity index is 1.58. The van der Waals surface area contributed by atoms with Gasteiger partial charge in [-0.25, -0.2) is 0 Å². The second kappa shape index (κ2) is 20.9. The van der Waals surface area contributed by atoms with Crippen molar-refractivity contribution in [2.45, 2.75) is 148 Å².